The smallest absolute Gasteiger partial charge is 0.416 e. The number of aromatic nitrogens is 2. The lowest BCUT2D eigenvalue weighted by Crippen LogP contribution is -2.37. The summed E-state index contributed by atoms with van der Waals surface area (Å²) in [4.78, 5) is 12.6. The van der Waals surface area contributed by atoms with E-state index in [0.29, 0.717) is 11.4 Å². The summed E-state index contributed by atoms with van der Waals surface area (Å²) in [6.07, 6.45) is -0.744. The summed E-state index contributed by atoms with van der Waals surface area (Å²) in [5.41, 5.74) is 1.41. The average Bonchev–Trinajstić information content (AvgIpc) is 3.20. The molecule has 32 heavy (non-hydrogen) atoms. The molecule has 1 amide bonds. The highest BCUT2D eigenvalue weighted by Crippen LogP contribution is 2.34. The number of amides is 1. The van der Waals surface area contributed by atoms with E-state index >= 15 is 0 Å². The number of ether oxygens (including phenoxy) is 1. The van der Waals surface area contributed by atoms with Crippen LogP contribution in [0.2, 0.25) is 0 Å². The normalized spacial score (nSPS) is 16.6. The third-order valence-electron chi connectivity index (χ3n) is 5.35. The Morgan fingerprint density at radius 2 is 1.97 bits per heavy atom. The first-order valence-corrected chi connectivity index (χ1v) is 10.3. The third kappa shape index (κ3) is 4.94. The summed E-state index contributed by atoms with van der Waals surface area (Å²) < 4.78 is 46.2. The van der Waals surface area contributed by atoms with E-state index in [9.17, 15) is 18.0 Å². The molecular formula is C23H23F3N4O2. The van der Waals surface area contributed by atoms with Gasteiger partial charge in [0.05, 0.1) is 11.3 Å². The minimum Gasteiger partial charge on any atom is -0.488 e. The van der Waals surface area contributed by atoms with Crippen molar-refractivity contribution in [1.82, 2.24) is 15.1 Å². The van der Waals surface area contributed by atoms with Crippen LogP contribution < -0.4 is 15.4 Å². The van der Waals surface area contributed by atoms with Crippen molar-refractivity contribution < 1.29 is 22.7 Å². The van der Waals surface area contributed by atoms with E-state index in [1.54, 1.807) is 29.1 Å². The molecule has 2 N–H and O–H groups in total. The molecule has 0 aliphatic carbocycles. The molecule has 1 atom stereocenters. The lowest BCUT2D eigenvalue weighted by molar-refractivity contribution is -0.137. The number of halogens is 3. The molecule has 9 heteroatoms. The second kappa shape index (κ2) is 9.04. The van der Waals surface area contributed by atoms with Crippen molar-refractivity contribution >= 4 is 11.6 Å². The van der Waals surface area contributed by atoms with Crippen molar-refractivity contribution in [2.75, 3.05) is 18.4 Å². The summed E-state index contributed by atoms with van der Waals surface area (Å²) in [6, 6.07) is 11.2. The molecule has 1 aliphatic rings. The number of carbonyl (C=O) groups excluding carboxylic acids is 1. The standard InChI is InChI=1S/C23H23F3N4O2/c1-30-20(10-12-28-30)19-13-17(8-9-21(19)32-18-3-2-11-27-14-18)29-22(31)15-4-6-16(7-5-15)23(24,25)26/h4-10,12-13,18,27H,2-3,11,14H2,1H3,(H,29,31). The summed E-state index contributed by atoms with van der Waals surface area (Å²) in [5, 5.41) is 10.3. The van der Waals surface area contributed by atoms with Gasteiger partial charge in [-0.25, -0.2) is 0 Å². The zero-order valence-electron chi connectivity index (χ0n) is 17.4. The number of piperidine rings is 1. The molecule has 4 rings (SSSR count). The first kappa shape index (κ1) is 21.9. The van der Waals surface area contributed by atoms with Gasteiger partial charge in [-0.1, -0.05) is 0 Å². The highest BCUT2D eigenvalue weighted by atomic mass is 19.4. The molecular weight excluding hydrogens is 421 g/mol. The van der Waals surface area contributed by atoms with E-state index in [-0.39, 0.29) is 11.7 Å². The van der Waals surface area contributed by atoms with Gasteiger partial charge in [-0.15, -0.1) is 0 Å². The fourth-order valence-corrected chi connectivity index (χ4v) is 3.66. The molecule has 0 bridgehead atoms. The Balaban J connectivity index is 1.57. The summed E-state index contributed by atoms with van der Waals surface area (Å²) in [6.45, 7) is 1.74. The second-order valence-electron chi connectivity index (χ2n) is 7.67. The molecule has 0 spiro atoms. The predicted octanol–water partition coefficient (Wildman–Crippen LogP) is 4.49. The van der Waals surface area contributed by atoms with Gasteiger partial charge in [-0.05, 0) is 67.9 Å². The largest absolute Gasteiger partial charge is 0.488 e. The van der Waals surface area contributed by atoms with Gasteiger partial charge in [0.2, 0.25) is 0 Å². The van der Waals surface area contributed by atoms with Gasteiger partial charge in [-0.2, -0.15) is 18.3 Å². The van der Waals surface area contributed by atoms with Crippen LogP contribution >= 0.6 is 0 Å². The van der Waals surface area contributed by atoms with E-state index < -0.39 is 17.6 Å². The second-order valence-corrected chi connectivity index (χ2v) is 7.67. The quantitative estimate of drug-likeness (QED) is 0.609. The number of rotatable bonds is 5. The number of carbonyl (C=O) groups is 1. The Morgan fingerprint density at radius 3 is 2.59 bits per heavy atom. The summed E-state index contributed by atoms with van der Waals surface area (Å²) >= 11 is 0. The van der Waals surface area contributed by atoms with Gasteiger partial charge >= 0.3 is 6.18 Å². The number of aryl methyl sites for hydroxylation is 1. The Bertz CT molecular complexity index is 1090. The zero-order chi connectivity index (χ0) is 22.7. The van der Waals surface area contributed by atoms with Crippen molar-refractivity contribution in [1.29, 1.82) is 0 Å². The number of hydrogen-bond acceptors (Lipinski definition) is 4. The molecule has 168 valence electrons. The maximum absolute atomic E-state index is 12.8. The van der Waals surface area contributed by atoms with Gasteiger partial charge in [0.1, 0.15) is 11.9 Å². The molecule has 1 aliphatic heterocycles. The number of hydrogen-bond donors (Lipinski definition) is 2. The highest BCUT2D eigenvalue weighted by Gasteiger charge is 2.30. The van der Waals surface area contributed by atoms with E-state index in [4.69, 9.17) is 4.74 Å². The molecule has 2 aromatic carbocycles. The van der Waals surface area contributed by atoms with Crippen LogP contribution in [0.15, 0.2) is 54.7 Å². The van der Waals surface area contributed by atoms with Crippen LogP contribution in [0, 0.1) is 0 Å². The molecule has 0 radical (unpaired) electrons. The minimum absolute atomic E-state index is 0.0447. The van der Waals surface area contributed by atoms with Crippen LogP contribution in [-0.2, 0) is 13.2 Å². The minimum atomic E-state index is -4.45. The van der Waals surface area contributed by atoms with E-state index in [0.717, 1.165) is 61.5 Å². The molecule has 1 saturated heterocycles. The SMILES string of the molecule is Cn1nccc1-c1cc(NC(=O)c2ccc(C(F)(F)F)cc2)ccc1OC1CCCNC1. The van der Waals surface area contributed by atoms with Crippen LogP contribution in [0.4, 0.5) is 18.9 Å². The highest BCUT2D eigenvalue weighted by molar-refractivity contribution is 6.04. The Labute approximate surface area is 183 Å². The topological polar surface area (TPSA) is 68.2 Å². The Kier molecular flexibility index (Phi) is 6.18. The molecule has 0 saturated carbocycles. The third-order valence-corrected chi connectivity index (χ3v) is 5.35. The average molecular weight is 444 g/mol. The Hall–Kier alpha value is -3.33. The van der Waals surface area contributed by atoms with Crippen LogP contribution in [0.3, 0.4) is 0 Å². The van der Waals surface area contributed by atoms with Crippen molar-refractivity contribution in [3.05, 3.63) is 65.9 Å². The van der Waals surface area contributed by atoms with E-state index in [1.165, 1.54) is 0 Å². The monoisotopic (exact) mass is 444 g/mol. The van der Waals surface area contributed by atoms with Crippen molar-refractivity contribution in [3.8, 4) is 17.0 Å². The lowest BCUT2D eigenvalue weighted by Gasteiger charge is -2.25. The van der Waals surface area contributed by atoms with Crippen LogP contribution in [0.5, 0.6) is 5.75 Å². The van der Waals surface area contributed by atoms with Gasteiger partial charge in [-0.3, -0.25) is 9.48 Å². The summed E-state index contributed by atoms with van der Waals surface area (Å²) in [5.74, 6) is 0.176. The first-order valence-electron chi connectivity index (χ1n) is 10.3. The predicted molar refractivity (Wildman–Crippen MR) is 115 cm³/mol. The number of benzene rings is 2. The maximum Gasteiger partial charge on any atom is 0.416 e. The molecule has 1 fully saturated rings. The van der Waals surface area contributed by atoms with Crippen molar-refractivity contribution in [2.24, 2.45) is 7.05 Å². The number of nitrogens with zero attached hydrogens (tertiary/aromatic N) is 2. The maximum atomic E-state index is 12.8. The first-order chi connectivity index (χ1) is 15.3. The van der Waals surface area contributed by atoms with Crippen LogP contribution in [0.1, 0.15) is 28.8 Å². The van der Waals surface area contributed by atoms with Gasteiger partial charge in [0.25, 0.3) is 5.91 Å². The molecule has 2 heterocycles. The fraction of sp³-hybridized carbons (Fsp3) is 0.304. The van der Waals surface area contributed by atoms with Gasteiger partial charge in [0, 0.05) is 36.6 Å². The molecule has 3 aromatic rings. The number of nitrogens with one attached hydrogen (secondary N) is 2. The van der Waals surface area contributed by atoms with Crippen LogP contribution in [-0.4, -0.2) is 34.9 Å². The Morgan fingerprint density at radius 1 is 1.19 bits per heavy atom. The zero-order valence-corrected chi connectivity index (χ0v) is 17.4. The van der Waals surface area contributed by atoms with E-state index in [2.05, 4.69) is 15.7 Å². The fourth-order valence-electron chi connectivity index (χ4n) is 3.66. The molecule has 6 nitrogen and oxygen atoms in total. The molecule has 1 aromatic heterocycles. The lowest BCUT2D eigenvalue weighted by atomic mass is 10.1. The van der Waals surface area contributed by atoms with Crippen LogP contribution in [0.25, 0.3) is 11.3 Å². The van der Waals surface area contributed by atoms with Crippen molar-refractivity contribution in [3.63, 3.8) is 0 Å². The van der Waals surface area contributed by atoms with Crippen molar-refractivity contribution in [2.45, 2.75) is 25.1 Å². The van der Waals surface area contributed by atoms with E-state index in [1.807, 2.05) is 13.1 Å². The molecule has 1 unspecified atom stereocenters. The number of anilines is 1. The van der Waals surface area contributed by atoms with Gasteiger partial charge in [0.15, 0.2) is 0 Å². The number of alkyl halides is 3. The van der Waals surface area contributed by atoms with Gasteiger partial charge < -0.3 is 15.4 Å². The summed E-state index contributed by atoms with van der Waals surface area (Å²) in [7, 11) is 1.81.